The van der Waals surface area contributed by atoms with Crippen LogP contribution in [0, 0.1) is 11.7 Å². The van der Waals surface area contributed by atoms with E-state index < -0.39 is 11.8 Å². The molecule has 4 nitrogen and oxygen atoms in total. The molecule has 1 aromatic carbocycles. The first-order valence-corrected chi connectivity index (χ1v) is 9.82. The molecule has 2 aliphatic carbocycles. The first-order valence-electron chi connectivity index (χ1n) is 9.82. The molecular formula is C22H24FNO3. The van der Waals surface area contributed by atoms with E-state index in [0.717, 1.165) is 37.8 Å². The van der Waals surface area contributed by atoms with Crippen LogP contribution in [0.25, 0.3) is 0 Å². The van der Waals surface area contributed by atoms with Crippen LogP contribution in [-0.4, -0.2) is 23.6 Å². The van der Waals surface area contributed by atoms with Crippen LogP contribution in [0.2, 0.25) is 0 Å². The van der Waals surface area contributed by atoms with Crippen molar-refractivity contribution in [2.75, 3.05) is 0 Å². The first-order chi connectivity index (χ1) is 13.0. The summed E-state index contributed by atoms with van der Waals surface area (Å²) >= 11 is 0. The zero-order valence-corrected chi connectivity index (χ0v) is 15.5. The maximum atomic E-state index is 13.9. The van der Waals surface area contributed by atoms with Crippen molar-refractivity contribution in [3.8, 4) is 0 Å². The van der Waals surface area contributed by atoms with Gasteiger partial charge in [0.15, 0.2) is 5.78 Å². The van der Waals surface area contributed by atoms with Gasteiger partial charge in [-0.05, 0) is 63.1 Å². The third kappa shape index (κ3) is 3.47. The van der Waals surface area contributed by atoms with E-state index >= 15 is 0 Å². The molecule has 0 spiro atoms. The highest BCUT2D eigenvalue weighted by molar-refractivity contribution is 6.08. The van der Waals surface area contributed by atoms with E-state index in [-0.39, 0.29) is 23.7 Å². The molecule has 27 heavy (non-hydrogen) atoms. The molecule has 0 bridgehead atoms. The number of ether oxygens (including phenoxy) is 1. The molecular weight excluding hydrogens is 345 g/mol. The summed E-state index contributed by atoms with van der Waals surface area (Å²) < 4.78 is 19.7. The van der Waals surface area contributed by atoms with Gasteiger partial charge in [-0.2, -0.15) is 0 Å². The van der Waals surface area contributed by atoms with Crippen LogP contribution in [0.5, 0.6) is 0 Å². The maximum Gasteiger partial charge on any atom is 0.315 e. The predicted octanol–water partition coefficient (Wildman–Crippen LogP) is 4.49. The number of aliphatic imine (C=N–C) groups is 1. The third-order valence-electron chi connectivity index (χ3n) is 5.88. The number of carbonyl (C=O) groups is 2. The lowest BCUT2D eigenvalue weighted by molar-refractivity contribution is -0.151. The van der Waals surface area contributed by atoms with Crippen molar-refractivity contribution in [3.63, 3.8) is 0 Å². The normalized spacial score (nSPS) is 26.0. The van der Waals surface area contributed by atoms with E-state index in [2.05, 4.69) is 4.99 Å². The Bertz CT molecular complexity index is 836. The summed E-state index contributed by atoms with van der Waals surface area (Å²) in [4.78, 5) is 30.4. The van der Waals surface area contributed by atoms with Crippen LogP contribution in [0.4, 0.5) is 4.39 Å². The number of Topliss-reactive ketones (excluding diaryl/α,β-unsaturated/α-hetero) is 1. The standard InChI is InChI=1S/C22H24FNO3/c1-13-19(22(26)27-16-8-2-3-9-16)20(14-6-4-7-15(23)12-14)21-17(24-13)10-5-11-18(21)25/h4,6-7,12,16,19-20H,2-3,5,8-11H2,1H3/t19?,20-/m1/s1. The van der Waals surface area contributed by atoms with Gasteiger partial charge in [-0.3, -0.25) is 14.6 Å². The van der Waals surface area contributed by atoms with Gasteiger partial charge in [0, 0.05) is 29.3 Å². The SMILES string of the molecule is CC1=NC2=C(C(=O)CCC2)[C@H](c2cccc(F)c2)C1C(=O)OC1CCCC1. The predicted molar refractivity (Wildman–Crippen MR) is 100.0 cm³/mol. The van der Waals surface area contributed by atoms with Crippen LogP contribution in [-0.2, 0) is 14.3 Å². The van der Waals surface area contributed by atoms with Gasteiger partial charge in [0.1, 0.15) is 17.8 Å². The topological polar surface area (TPSA) is 55.7 Å². The van der Waals surface area contributed by atoms with Crippen molar-refractivity contribution in [2.45, 2.75) is 63.9 Å². The molecule has 0 radical (unpaired) electrons. The van der Waals surface area contributed by atoms with Crippen LogP contribution < -0.4 is 0 Å². The molecule has 1 aromatic rings. The molecule has 2 atom stereocenters. The van der Waals surface area contributed by atoms with Crippen LogP contribution in [0.15, 0.2) is 40.5 Å². The van der Waals surface area contributed by atoms with Crippen LogP contribution >= 0.6 is 0 Å². The molecule has 1 fully saturated rings. The number of carbonyl (C=O) groups excluding carboxylic acids is 2. The van der Waals surface area contributed by atoms with E-state index in [4.69, 9.17) is 4.74 Å². The fourth-order valence-electron chi connectivity index (χ4n) is 4.62. The Labute approximate surface area is 158 Å². The molecule has 0 N–H and O–H groups in total. The number of hydrogen-bond acceptors (Lipinski definition) is 4. The zero-order valence-electron chi connectivity index (χ0n) is 15.5. The monoisotopic (exact) mass is 369 g/mol. The molecule has 5 heteroatoms. The van der Waals surface area contributed by atoms with E-state index in [0.29, 0.717) is 29.7 Å². The van der Waals surface area contributed by atoms with Crippen molar-refractivity contribution in [1.82, 2.24) is 0 Å². The number of halogens is 1. The summed E-state index contributed by atoms with van der Waals surface area (Å²) in [5.74, 6) is -1.90. The Hall–Kier alpha value is -2.30. The third-order valence-corrected chi connectivity index (χ3v) is 5.88. The van der Waals surface area contributed by atoms with Gasteiger partial charge in [-0.1, -0.05) is 12.1 Å². The van der Waals surface area contributed by atoms with Crippen molar-refractivity contribution < 1.29 is 18.7 Å². The average Bonchev–Trinajstić information content (AvgIpc) is 3.13. The molecule has 0 aromatic heterocycles. The Morgan fingerprint density at radius 3 is 2.70 bits per heavy atom. The molecule has 3 aliphatic rings. The lowest BCUT2D eigenvalue weighted by atomic mass is 9.72. The van der Waals surface area contributed by atoms with E-state index in [1.807, 2.05) is 6.92 Å². The molecule has 1 unspecified atom stereocenters. The summed E-state index contributed by atoms with van der Waals surface area (Å²) in [6.45, 7) is 1.82. The molecule has 142 valence electrons. The number of benzene rings is 1. The van der Waals surface area contributed by atoms with Gasteiger partial charge in [0.25, 0.3) is 0 Å². The second kappa shape index (κ2) is 7.37. The average molecular weight is 369 g/mol. The molecule has 0 saturated heterocycles. The summed E-state index contributed by atoms with van der Waals surface area (Å²) in [5, 5.41) is 0. The van der Waals surface area contributed by atoms with E-state index in [1.54, 1.807) is 12.1 Å². The maximum absolute atomic E-state index is 13.9. The quantitative estimate of drug-likeness (QED) is 0.738. The minimum absolute atomic E-state index is 0.0143. The number of esters is 1. The Morgan fingerprint density at radius 1 is 1.19 bits per heavy atom. The molecule has 1 aliphatic heterocycles. The highest BCUT2D eigenvalue weighted by atomic mass is 19.1. The smallest absolute Gasteiger partial charge is 0.315 e. The number of rotatable bonds is 3. The largest absolute Gasteiger partial charge is 0.462 e. The molecule has 4 rings (SSSR count). The van der Waals surface area contributed by atoms with E-state index in [9.17, 15) is 14.0 Å². The van der Waals surface area contributed by atoms with Gasteiger partial charge in [-0.15, -0.1) is 0 Å². The zero-order chi connectivity index (χ0) is 19.0. The molecule has 0 amide bonds. The lowest BCUT2D eigenvalue weighted by Gasteiger charge is -2.35. The Balaban J connectivity index is 1.76. The number of allylic oxidation sites excluding steroid dienone is 2. The number of nitrogens with zero attached hydrogens (tertiary/aromatic N) is 1. The fraction of sp³-hybridized carbons (Fsp3) is 0.500. The van der Waals surface area contributed by atoms with Crippen LogP contribution in [0.3, 0.4) is 0 Å². The summed E-state index contributed by atoms with van der Waals surface area (Å²) in [7, 11) is 0. The van der Waals surface area contributed by atoms with Gasteiger partial charge >= 0.3 is 5.97 Å². The van der Waals surface area contributed by atoms with Gasteiger partial charge in [0.05, 0.1) is 0 Å². The molecule has 1 heterocycles. The van der Waals surface area contributed by atoms with Crippen molar-refractivity contribution in [2.24, 2.45) is 10.9 Å². The fourth-order valence-corrected chi connectivity index (χ4v) is 4.62. The van der Waals surface area contributed by atoms with Gasteiger partial charge < -0.3 is 4.74 Å². The molecule has 1 saturated carbocycles. The lowest BCUT2D eigenvalue weighted by Crippen LogP contribution is -2.38. The van der Waals surface area contributed by atoms with Crippen molar-refractivity contribution in [3.05, 3.63) is 46.9 Å². The first kappa shape index (κ1) is 18.1. The highest BCUT2D eigenvalue weighted by Gasteiger charge is 2.43. The van der Waals surface area contributed by atoms with Gasteiger partial charge in [-0.25, -0.2) is 4.39 Å². The summed E-state index contributed by atoms with van der Waals surface area (Å²) in [6.07, 6.45) is 5.77. The minimum atomic E-state index is -0.673. The van der Waals surface area contributed by atoms with Crippen molar-refractivity contribution >= 4 is 17.5 Å². The minimum Gasteiger partial charge on any atom is -0.462 e. The Morgan fingerprint density at radius 2 is 1.96 bits per heavy atom. The summed E-state index contributed by atoms with van der Waals surface area (Å²) in [5.41, 5.74) is 2.62. The number of ketones is 1. The second-order valence-electron chi connectivity index (χ2n) is 7.74. The van der Waals surface area contributed by atoms with Gasteiger partial charge in [0.2, 0.25) is 0 Å². The number of hydrogen-bond donors (Lipinski definition) is 0. The van der Waals surface area contributed by atoms with Crippen molar-refractivity contribution in [1.29, 1.82) is 0 Å². The van der Waals surface area contributed by atoms with E-state index in [1.165, 1.54) is 12.1 Å². The highest BCUT2D eigenvalue weighted by Crippen LogP contribution is 2.44. The second-order valence-corrected chi connectivity index (χ2v) is 7.74. The summed E-state index contributed by atoms with van der Waals surface area (Å²) in [6, 6.07) is 6.20. The Kier molecular flexibility index (Phi) is 4.94. The van der Waals surface area contributed by atoms with Crippen LogP contribution in [0.1, 0.15) is 63.4 Å².